The van der Waals surface area contributed by atoms with E-state index in [0.717, 1.165) is 0 Å². The molecule has 0 heterocycles. The highest BCUT2D eigenvalue weighted by Gasteiger charge is 1.17. The zero-order valence-corrected chi connectivity index (χ0v) is 3.68. The molecule has 3 nitrogen and oxygen atoms in total. The fourth-order valence-corrected chi connectivity index (χ4v) is 0. The molecule has 0 aliphatic heterocycles. The quantitative estimate of drug-likeness (QED) is 0.473. The van der Waals surface area contributed by atoms with Gasteiger partial charge in [-0.05, 0) is 0 Å². The van der Waals surface area contributed by atoms with Crippen molar-refractivity contribution in [1.82, 2.24) is 6.15 Å². The summed E-state index contributed by atoms with van der Waals surface area (Å²) in [7, 11) is 0. The van der Waals surface area contributed by atoms with Gasteiger partial charge in [-0.15, -0.1) is 0 Å². The number of hydrogen-bond donors (Lipinski definition) is 1. The fraction of sp³-hybridized carbons (Fsp3) is 0.333. The van der Waals surface area contributed by atoms with E-state index in [4.69, 9.17) is 10.5 Å². The number of nitrogens with zero attached hydrogens (tertiary/aromatic N) is 2. The van der Waals surface area contributed by atoms with Crippen molar-refractivity contribution >= 4 is 0 Å². The lowest BCUT2D eigenvalue weighted by molar-refractivity contribution is 1.49. The van der Waals surface area contributed by atoms with E-state index in [9.17, 15) is 0 Å². The summed E-state index contributed by atoms with van der Waals surface area (Å²) in [5, 5.41) is 13.8. The van der Waals surface area contributed by atoms with Crippen molar-refractivity contribution in [2.45, 2.75) is 6.92 Å². The smallest absolute Gasteiger partial charge is 0.0587 e. The zero-order chi connectivity index (χ0) is 4.71. The molecule has 34 valence electrons. The maximum Gasteiger partial charge on any atom is 0.0587 e. The van der Waals surface area contributed by atoms with E-state index in [0.29, 0.717) is 0 Å². The number of rotatable bonds is 0. The first-order valence-electron chi connectivity index (χ1n) is 0.982. The summed E-state index contributed by atoms with van der Waals surface area (Å²) >= 11 is 0. The molecular weight excluding hydrogens is 78.1 g/mol. The topological polar surface area (TPSA) is 82.6 Å². The predicted octanol–water partition coefficient (Wildman–Crippen LogP) is 0.832. The first-order chi connectivity index (χ1) is 2.41. The van der Waals surface area contributed by atoms with Gasteiger partial charge in [0.05, 0.1) is 6.07 Å². The fourth-order valence-electron chi connectivity index (χ4n) is 0. The van der Waals surface area contributed by atoms with E-state index in [-0.39, 0.29) is 6.15 Å². The maximum atomic E-state index is 7.32. The molecule has 0 unspecified atom stereocenters. The average molecular weight is 85.1 g/mol. The van der Waals surface area contributed by atoms with Crippen LogP contribution in [0.4, 0.5) is 0 Å². The molecule has 0 atom stereocenters. The molecule has 3 heteroatoms. The van der Waals surface area contributed by atoms with E-state index < -0.39 is 0 Å². The summed E-state index contributed by atoms with van der Waals surface area (Å²) in [6, 6.07) is 1.75. The highest BCUT2D eigenvalue weighted by Crippen LogP contribution is 1.21. The van der Waals surface area contributed by atoms with Gasteiger partial charge in [-0.3, -0.25) is 0 Å². The predicted molar refractivity (Wildman–Crippen MR) is 23.0 cm³/mol. The Labute approximate surface area is 37.4 Å². The summed E-state index contributed by atoms with van der Waals surface area (Å²) in [5.41, 5.74) is 0. The molecule has 0 bridgehead atoms. The van der Waals surface area contributed by atoms with Gasteiger partial charge in [0.2, 0.25) is 0 Å². The van der Waals surface area contributed by atoms with Gasteiger partial charge in [0.15, 0.2) is 0 Å². The third-order valence-electron chi connectivity index (χ3n) is 0. The second-order valence-electron chi connectivity index (χ2n) is 0.224. The van der Waals surface area contributed by atoms with Crippen LogP contribution in [0, 0.1) is 23.2 Å². The van der Waals surface area contributed by atoms with E-state index >= 15 is 0 Å². The lowest BCUT2D eigenvalue weighted by Crippen LogP contribution is -1.10. The summed E-state index contributed by atoms with van der Waals surface area (Å²) in [6.45, 7) is 4.93. The molecule has 6 heavy (non-hydrogen) atoms. The van der Waals surface area contributed by atoms with Crippen LogP contribution in [-0.4, -0.2) is 0 Å². The minimum atomic E-state index is 0. The van der Waals surface area contributed by atoms with Gasteiger partial charge in [0.1, 0.15) is 0 Å². The van der Waals surface area contributed by atoms with Crippen molar-refractivity contribution in [3.8, 4) is 12.6 Å². The van der Waals surface area contributed by atoms with Crippen LogP contribution in [0.1, 0.15) is 6.92 Å². The molecule has 0 aromatic heterocycles. The van der Waals surface area contributed by atoms with Crippen molar-refractivity contribution in [2.24, 2.45) is 0 Å². The van der Waals surface area contributed by atoms with Crippen molar-refractivity contribution in [1.29, 1.82) is 10.5 Å². The van der Waals surface area contributed by atoms with Crippen LogP contribution < -0.4 is 6.15 Å². The van der Waals surface area contributed by atoms with Crippen LogP contribution in [-0.2, 0) is 0 Å². The van der Waals surface area contributed by atoms with Gasteiger partial charge in [-0.1, -0.05) is 0 Å². The van der Waals surface area contributed by atoms with E-state index in [2.05, 4.69) is 6.57 Å². The highest BCUT2D eigenvalue weighted by atomic mass is 14.2. The molecule has 0 aromatic rings. The van der Waals surface area contributed by atoms with Crippen LogP contribution in [0.25, 0.3) is 0 Å². The highest BCUT2D eigenvalue weighted by molar-refractivity contribution is 4.51. The third-order valence-corrected chi connectivity index (χ3v) is 0. The van der Waals surface area contributed by atoms with Crippen molar-refractivity contribution in [3.05, 3.63) is 0 Å². The van der Waals surface area contributed by atoms with Crippen LogP contribution in [0.3, 0.4) is 0 Å². The van der Waals surface area contributed by atoms with Crippen LogP contribution in [0.2, 0.25) is 0 Å². The molecule has 0 rings (SSSR count). The van der Waals surface area contributed by atoms with Gasteiger partial charge in [0, 0.05) is 13.5 Å². The van der Waals surface area contributed by atoms with Crippen LogP contribution in [0.5, 0.6) is 0 Å². The molecule has 0 radical (unpaired) electrons. The average Bonchev–Trinajstić information content (AvgIpc) is 1.46. The van der Waals surface area contributed by atoms with Gasteiger partial charge in [-0.2, -0.15) is 5.26 Å². The molecule has 0 spiro atoms. The lowest BCUT2D eigenvalue weighted by Gasteiger charge is -1.15. The Morgan fingerprint density at radius 2 is 1.50 bits per heavy atom. The Bertz CT molecular complexity index is 48.8. The molecule has 0 saturated carbocycles. The molecule has 0 fully saturated rings. The Morgan fingerprint density at radius 1 is 1.50 bits per heavy atom. The minimum absolute atomic E-state index is 0. The molecule has 0 aliphatic carbocycles. The van der Waals surface area contributed by atoms with E-state index in [1.807, 2.05) is 0 Å². The van der Waals surface area contributed by atoms with Gasteiger partial charge >= 0.3 is 0 Å². The summed E-state index contributed by atoms with van der Waals surface area (Å²) in [6.07, 6.45) is 0. The van der Waals surface area contributed by atoms with E-state index in [1.165, 1.54) is 6.92 Å². The van der Waals surface area contributed by atoms with Crippen molar-refractivity contribution in [3.63, 3.8) is 0 Å². The largest absolute Gasteiger partial charge is 0.344 e. The minimum Gasteiger partial charge on any atom is -0.344 e. The first kappa shape index (κ1) is 20.4. The molecule has 0 saturated heterocycles. The van der Waals surface area contributed by atoms with Gasteiger partial charge in [0.25, 0.3) is 0 Å². The molecule has 0 aromatic carbocycles. The van der Waals surface area contributed by atoms with E-state index in [1.54, 1.807) is 6.07 Å². The number of nitriles is 2. The van der Waals surface area contributed by atoms with Crippen molar-refractivity contribution < 1.29 is 0 Å². The molecule has 3 N–H and O–H groups in total. The Balaban J connectivity index is -0.0000000275. The van der Waals surface area contributed by atoms with Crippen LogP contribution >= 0.6 is 0 Å². The monoisotopic (exact) mass is 85.1 g/mol. The molecular formula is C3H7N3. The zero-order valence-electron chi connectivity index (χ0n) is 3.68. The maximum absolute atomic E-state index is 7.32. The Kier molecular flexibility index (Phi) is 32100. The lowest BCUT2D eigenvalue weighted by atomic mass is 11.0. The Morgan fingerprint density at radius 3 is 1.50 bits per heavy atom. The van der Waals surface area contributed by atoms with Crippen molar-refractivity contribution in [2.75, 3.05) is 0 Å². The summed E-state index contributed by atoms with van der Waals surface area (Å²) in [5.74, 6) is 0. The second-order valence-corrected chi connectivity index (χ2v) is 0.224. The van der Waals surface area contributed by atoms with Crippen LogP contribution in [0.15, 0.2) is 0 Å². The Hall–Kier alpha value is -1.06. The van der Waals surface area contributed by atoms with Gasteiger partial charge in [-0.25, -0.2) is 5.26 Å². The third kappa shape index (κ3) is 9.85. The molecule has 0 amide bonds. The first-order valence-corrected chi connectivity index (χ1v) is 0.982. The summed E-state index contributed by atoms with van der Waals surface area (Å²) in [4.78, 5) is 0. The van der Waals surface area contributed by atoms with Gasteiger partial charge < -0.3 is 6.15 Å². The summed E-state index contributed by atoms with van der Waals surface area (Å²) < 4.78 is 0. The SMILES string of the molecule is C#N.CC#N.N. The number of hydrogen-bond acceptors (Lipinski definition) is 3. The second kappa shape index (κ2) is 9460. The molecule has 0 aliphatic rings. The standard InChI is InChI=1S/C2H3N.CHN.H3N/c1-2-3;1-2;/h1H3;1H;1H3. The normalized spacial score (nSPS) is 1.67.